The monoisotopic (exact) mass is 301 g/mol. The second-order valence-electron chi connectivity index (χ2n) is 8.71. The highest BCUT2D eigenvalue weighted by atomic mass is 16.3. The number of hydrogen-bond donors (Lipinski definition) is 0. The van der Waals surface area contributed by atoms with E-state index in [0.29, 0.717) is 17.6 Å². The molecule has 4 aliphatic carbocycles. The lowest BCUT2D eigenvalue weighted by atomic mass is 9.47. The maximum absolute atomic E-state index is 11.8. The summed E-state index contributed by atoms with van der Waals surface area (Å²) in [5.74, 6) is 2.45. The van der Waals surface area contributed by atoms with E-state index in [-0.39, 0.29) is 16.9 Å². The Kier molecular flexibility index (Phi) is 3.15. The Balaban J connectivity index is 1.68. The summed E-state index contributed by atoms with van der Waals surface area (Å²) >= 11 is 0. The molecule has 0 aromatic carbocycles. The molecule has 3 fully saturated rings. The van der Waals surface area contributed by atoms with E-state index in [2.05, 4.69) is 19.0 Å². The minimum atomic E-state index is 0.0381. The van der Waals surface area contributed by atoms with Crippen LogP contribution in [-0.4, -0.2) is 11.8 Å². The summed E-state index contributed by atoms with van der Waals surface area (Å²) in [7, 11) is 0. The van der Waals surface area contributed by atoms with Crippen LogP contribution < -0.4 is 0 Å². The van der Waals surface area contributed by atoms with Gasteiger partial charge in [-0.1, -0.05) is 24.6 Å². The van der Waals surface area contributed by atoms with Gasteiger partial charge in [0.05, 0.1) is 6.04 Å². The Morgan fingerprint density at radius 1 is 1.05 bits per heavy atom. The highest BCUT2D eigenvalue weighted by molar-refractivity contribution is 5.91. The molecule has 4 aliphatic rings. The van der Waals surface area contributed by atoms with Crippen LogP contribution in [0.2, 0.25) is 0 Å². The fourth-order valence-corrected chi connectivity index (χ4v) is 6.70. The van der Waals surface area contributed by atoms with E-state index in [1.165, 1.54) is 24.8 Å². The molecule has 0 heterocycles. The van der Waals surface area contributed by atoms with Gasteiger partial charge in [0, 0.05) is 6.42 Å². The summed E-state index contributed by atoms with van der Waals surface area (Å²) in [4.78, 5) is 23.1. The van der Waals surface area contributed by atoms with Gasteiger partial charge >= 0.3 is 0 Å². The molecule has 0 aromatic heterocycles. The third-order valence-electron chi connectivity index (χ3n) is 8.04. The van der Waals surface area contributed by atoms with E-state index < -0.39 is 0 Å². The summed E-state index contributed by atoms with van der Waals surface area (Å²) in [6, 6.07) is 0.0381. The fraction of sp³-hybridized carbons (Fsp3) is 0.842. The topological polar surface area (TPSA) is 46.5 Å². The van der Waals surface area contributed by atoms with Crippen LogP contribution in [0.25, 0.3) is 0 Å². The molecule has 4 rings (SSSR count). The Morgan fingerprint density at radius 2 is 1.86 bits per heavy atom. The molecule has 0 aromatic rings. The van der Waals surface area contributed by atoms with Crippen LogP contribution in [0.5, 0.6) is 0 Å². The minimum Gasteiger partial charge on any atom is -0.295 e. The normalized spacial score (nSPS) is 50.6. The number of allylic oxidation sites excluding steroid dienone is 1. The molecule has 0 saturated heterocycles. The van der Waals surface area contributed by atoms with Gasteiger partial charge in [0.2, 0.25) is 0 Å². The van der Waals surface area contributed by atoms with Crippen LogP contribution in [0.4, 0.5) is 0 Å². The second-order valence-corrected chi connectivity index (χ2v) is 8.71. The minimum absolute atomic E-state index is 0.0381. The number of fused-ring (bicyclic) bond motifs is 5. The Bertz CT molecular complexity index is 554. The maximum atomic E-state index is 11.8. The zero-order valence-electron chi connectivity index (χ0n) is 13.8. The number of ketones is 1. The van der Waals surface area contributed by atoms with Crippen LogP contribution in [0, 0.1) is 33.5 Å². The van der Waals surface area contributed by atoms with Crippen molar-refractivity contribution in [2.75, 3.05) is 0 Å². The second kappa shape index (κ2) is 4.75. The molecule has 0 aliphatic heterocycles. The van der Waals surface area contributed by atoms with Crippen molar-refractivity contribution >= 4 is 5.78 Å². The fourth-order valence-electron chi connectivity index (χ4n) is 6.70. The first-order chi connectivity index (χ1) is 10.5. The van der Waals surface area contributed by atoms with Crippen molar-refractivity contribution in [3.05, 3.63) is 16.6 Å². The number of carbonyl (C=O) groups excluding carboxylic acids is 1. The lowest BCUT2D eigenvalue weighted by molar-refractivity contribution is -0.117. The molecule has 0 N–H and O–H groups in total. The van der Waals surface area contributed by atoms with Gasteiger partial charge < -0.3 is 0 Å². The first kappa shape index (κ1) is 14.6. The summed E-state index contributed by atoms with van der Waals surface area (Å²) in [6.45, 7) is 4.74. The molecule has 3 saturated carbocycles. The van der Waals surface area contributed by atoms with Crippen LogP contribution >= 0.6 is 0 Å². The third-order valence-corrected chi connectivity index (χ3v) is 8.04. The van der Waals surface area contributed by atoms with Gasteiger partial charge in [0.15, 0.2) is 5.78 Å². The average Bonchev–Trinajstić information content (AvgIpc) is 2.84. The van der Waals surface area contributed by atoms with Crippen molar-refractivity contribution in [3.63, 3.8) is 0 Å². The Labute approximate surface area is 132 Å². The van der Waals surface area contributed by atoms with Gasteiger partial charge in [-0.15, -0.1) is 0 Å². The Hall–Kier alpha value is -0.990. The number of rotatable bonds is 1. The standard InChI is InChI=1S/C19H27NO2/c1-18-9-7-13(21)11-12(18)3-4-14-15-5-6-17(20-22)19(15,2)10-8-16(14)18/h11,14-17H,3-10H2,1-2H3/t14?,15?,16?,17?,18-,19?/m0/s1. The van der Waals surface area contributed by atoms with E-state index in [1.807, 2.05) is 6.08 Å². The highest BCUT2D eigenvalue weighted by Crippen LogP contribution is 2.65. The molecule has 6 atom stereocenters. The zero-order chi connectivity index (χ0) is 15.5. The third kappa shape index (κ3) is 1.77. The predicted molar refractivity (Wildman–Crippen MR) is 86.3 cm³/mol. The first-order valence-corrected chi connectivity index (χ1v) is 9.05. The summed E-state index contributed by atoms with van der Waals surface area (Å²) in [6.07, 6.45) is 10.6. The molecule has 0 bridgehead atoms. The van der Waals surface area contributed by atoms with Crippen LogP contribution in [0.3, 0.4) is 0 Å². The smallest absolute Gasteiger partial charge is 0.155 e. The Morgan fingerprint density at radius 3 is 2.64 bits per heavy atom. The van der Waals surface area contributed by atoms with E-state index in [9.17, 15) is 9.70 Å². The zero-order valence-corrected chi connectivity index (χ0v) is 13.8. The molecule has 3 heteroatoms. The average molecular weight is 301 g/mol. The van der Waals surface area contributed by atoms with Crippen molar-refractivity contribution in [2.24, 2.45) is 33.8 Å². The van der Waals surface area contributed by atoms with Crippen LogP contribution in [-0.2, 0) is 4.79 Å². The quantitative estimate of drug-likeness (QED) is 0.662. The number of hydrogen-bond acceptors (Lipinski definition) is 3. The highest BCUT2D eigenvalue weighted by Gasteiger charge is 2.59. The molecule has 5 unspecified atom stereocenters. The van der Waals surface area contributed by atoms with E-state index in [1.54, 1.807) is 0 Å². The number of carbonyl (C=O) groups is 1. The summed E-state index contributed by atoms with van der Waals surface area (Å²) in [5, 5.41) is 3.48. The van der Waals surface area contributed by atoms with Crippen molar-refractivity contribution < 1.29 is 4.79 Å². The lowest BCUT2D eigenvalue weighted by Crippen LogP contribution is -2.51. The van der Waals surface area contributed by atoms with Gasteiger partial charge in [0.1, 0.15) is 0 Å². The molecular weight excluding hydrogens is 274 g/mol. The van der Waals surface area contributed by atoms with Gasteiger partial charge in [0.25, 0.3) is 0 Å². The van der Waals surface area contributed by atoms with Crippen LogP contribution in [0.1, 0.15) is 65.2 Å². The van der Waals surface area contributed by atoms with Crippen molar-refractivity contribution in [1.82, 2.24) is 0 Å². The molecular formula is C19H27NO2. The first-order valence-electron chi connectivity index (χ1n) is 9.05. The molecule has 0 spiro atoms. The van der Waals surface area contributed by atoms with Gasteiger partial charge in [-0.2, -0.15) is 4.91 Å². The summed E-state index contributed by atoms with van der Waals surface area (Å²) < 4.78 is 0. The van der Waals surface area contributed by atoms with E-state index >= 15 is 0 Å². The van der Waals surface area contributed by atoms with Gasteiger partial charge in [-0.25, -0.2) is 0 Å². The molecule has 22 heavy (non-hydrogen) atoms. The van der Waals surface area contributed by atoms with Crippen LogP contribution in [0.15, 0.2) is 16.8 Å². The largest absolute Gasteiger partial charge is 0.295 e. The predicted octanol–water partition coefficient (Wildman–Crippen LogP) is 4.65. The van der Waals surface area contributed by atoms with E-state index in [4.69, 9.17) is 0 Å². The van der Waals surface area contributed by atoms with Crippen molar-refractivity contribution in [1.29, 1.82) is 0 Å². The summed E-state index contributed by atoms with van der Waals surface area (Å²) in [5.41, 5.74) is 1.81. The number of nitroso groups, excluding NO2 is 1. The van der Waals surface area contributed by atoms with Crippen molar-refractivity contribution in [2.45, 2.75) is 71.3 Å². The van der Waals surface area contributed by atoms with Gasteiger partial charge in [-0.05, 0) is 79.6 Å². The molecule has 120 valence electrons. The maximum Gasteiger partial charge on any atom is 0.155 e. The van der Waals surface area contributed by atoms with Crippen molar-refractivity contribution in [3.8, 4) is 0 Å². The van der Waals surface area contributed by atoms with E-state index in [0.717, 1.165) is 38.0 Å². The molecule has 0 amide bonds. The molecule has 0 radical (unpaired) electrons. The number of nitrogens with zero attached hydrogens (tertiary/aromatic N) is 1. The SMILES string of the molecule is CC12CCC3C(CCC4=CC(=O)CC[C@@]43C)C1CCC2N=O. The molecule has 3 nitrogen and oxygen atoms in total. The lowest BCUT2D eigenvalue weighted by Gasteiger charge is -2.57. The van der Waals surface area contributed by atoms with Gasteiger partial charge in [-0.3, -0.25) is 4.79 Å².